The van der Waals surface area contributed by atoms with Crippen LogP contribution in [-0.4, -0.2) is 42.1 Å². The van der Waals surface area contributed by atoms with Crippen molar-refractivity contribution in [3.8, 4) is 5.75 Å². The van der Waals surface area contributed by atoms with E-state index in [1.165, 1.54) is 6.20 Å². The van der Waals surface area contributed by atoms with E-state index in [0.29, 0.717) is 24.0 Å². The Bertz CT molecular complexity index is 941. The van der Waals surface area contributed by atoms with Crippen molar-refractivity contribution in [2.75, 3.05) is 20.3 Å². The van der Waals surface area contributed by atoms with Gasteiger partial charge >= 0.3 is 5.97 Å². The minimum Gasteiger partial charge on any atom is -0.497 e. The van der Waals surface area contributed by atoms with Gasteiger partial charge in [-0.15, -0.1) is 0 Å². The molecular weight excluding hydrogens is 346 g/mol. The number of nitrogens with one attached hydrogen (secondary N) is 1. The molecule has 0 aliphatic carbocycles. The Morgan fingerprint density at radius 3 is 2.52 bits per heavy atom. The molecule has 0 aliphatic rings. The van der Waals surface area contributed by atoms with Crippen LogP contribution in [0.2, 0.25) is 0 Å². The first-order chi connectivity index (χ1) is 13.2. The van der Waals surface area contributed by atoms with Crippen LogP contribution in [-0.2, 0) is 16.0 Å². The lowest BCUT2D eigenvalue weighted by Crippen LogP contribution is -2.30. The van der Waals surface area contributed by atoms with Gasteiger partial charge in [-0.05, 0) is 36.2 Å². The van der Waals surface area contributed by atoms with Gasteiger partial charge in [-0.3, -0.25) is 9.78 Å². The summed E-state index contributed by atoms with van der Waals surface area (Å²) in [6, 6.07) is 14.8. The molecule has 0 bridgehead atoms. The van der Waals surface area contributed by atoms with Gasteiger partial charge in [0.25, 0.3) is 5.91 Å². The monoisotopic (exact) mass is 365 g/mol. The fourth-order valence-electron chi connectivity index (χ4n) is 2.45. The number of aromatic nitrogens is 2. The fourth-order valence-corrected chi connectivity index (χ4v) is 2.45. The van der Waals surface area contributed by atoms with Gasteiger partial charge < -0.3 is 14.8 Å². The molecule has 1 amide bonds. The van der Waals surface area contributed by atoms with Crippen LogP contribution in [0.3, 0.4) is 0 Å². The van der Waals surface area contributed by atoms with E-state index in [9.17, 15) is 9.59 Å². The maximum Gasteiger partial charge on any atom is 0.359 e. The van der Waals surface area contributed by atoms with E-state index in [1.54, 1.807) is 19.2 Å². The number of ether oxygens (including phenoxy) is 2. The van der Waals surface area contributed by atoms with Gasteiger partial charge in [-0.1, -0.05) is 24.3 Å². The average Bonchev–Trinajstić information content (AvgIpc) is 2.72. The predicted molar refractivity (Wildman–Crippen MR) is 99.5 cm³/mol. The number of carbonyl (C=O) groups excluding carboxylic acids is 2. The first-order valence-electron chi connectivity index (χ1n) is 8.44. The molecule has 0 aliphatic heterocycles. The molecular formula is C20H19N3O4. The highest BCUT2D eigenvalue weighted by Gasteiger charge is 2.12. The normalized spacial score (nSPS) is 10.4. The Hall–Kier alpha value is -3.48. The van der Waals surface area contributed by atoms with Crippen LogP contribution in [0, 0.1) is 0 Å². The number of hydrogen-bond donors (Lipinski definition) is 1. The fraction of sp³-hybridized carbons (Fsp3) is 0.200. The van der Waals surface area contributed by atoms with E-state index in [0.717, 1.165) is 11.3 Å². The van der Waals surface area contributed by atoms with Crippen LogP contribution in [0.5, 0.6) is 5.75 Å². The van der Waals surface area contributed by atoms with Gasteiger partial charge in [0, 0.05) is 6.54 Å². The molecule has 0 unspecified atom stereocenters. The molecule has 3 aromatic rings. The van der Waals surface area contributed by atoms with Crippen molar-refractivity contribution in [1.29, 1.82) is 0 Å². The number of fused-ring (bicyclic) bond motifs is 1. The van der Waals surface area contributed by atoms with E-state index in [1.807, 2.05) is 36.4 Å². The summed E-state index contributed by atoms with van der Waals surface area (Å²) in [4.78, 5) is 32.2. The molecule has 138 valence electrons. The number of methoxy groups -OCH3 is 1. The van der Waals surface area contributed by atoms with E-state index in [4.69, 9.17) is 9.47 Å². The summed E-state index contributed by atoms with van der Waals surface area (Å²) >= 11 is 0. The van der Waals surface area contributed by atoms with Crippen molar-refractivity contribution in [2.45, 2.75) is 6.42 Å². The van der Waals surface area contributed by atoms with Crippen molar-refractivity contribution in [2.24, 2.45) is 0 Å². The lowest BCUT2D eigenvalue weighted by molar-refractivity contribution is -0.124. The van der Waals surface area contributed by atoms with E-state index < -0.39 is 5.97 Å². The van der Waals surface area contributed by atoms with Gasteiger partial charge in [-0.2, -0.15) is 0 Å². The molecule has 0 atom stereocenters. The zero-order valence-corrected chi connectivity index (χ0v) is 14.8. The quantitative estimate of drug-likeness (QED) is 0.645. The molecule has 0 radical (unpaired) electrons. The number of benzene rings is 2. The van der Waals surface area contributed by atoms with Crippen molar-refractivity contribution < 1.29 is 19.1 Å². The van der Waals surface area contributed by atoms with E-state index in [-0.39, 0.29) is 18.2 Å². The summed E-state index contributed by atoms with van der Waals surface area (Å²) < 4.78 is 10.1. The van der Waals surface area contributed by atoms with Crippen LogP contribution >= 0.6 is 0 Å². The second-order valence-electron chi connectivity index (χ2n) is 5.77. The van der Waals surface area contributed by atoms with Crippen molar-refractivity contribution in [3.63, 3.8) is 0 Å². The Morgan fingerprint density at radius 2 is 1.78 bits per heavy atom. The highest BCUT2D eigenvalue weighted by Crippen LogP contribution is 2.11. The molecule has 7 heteroatoms. The highest BCUT2D eigenvalue weighted by atomic mass is 16.5. The van der Waals surface area contributed by atoms with Gasteiger partial charge in [-0.25, -0.2) is 9.78 Å². The molecule has 0 saturated heterocycles. The third-order valence-corrected chi connectivity index (χ3v) is 3.89. The molecule has 0 saturated carbocycles. The molecule has 0 fully saturated rings. The predicted octanol–water partition coefficient (Wildman–Crippen LogP) is 2.15. The SMILES string of the molecule is COc1ccc(CCNC(=O)COC(=O)c2cnc3ccccc3n2)cc1. The summed E-state index contributed by atoms with van der Waals surface area (Å²) in [6.07, 6.45) is 2.01. The molecule has 27 heavy (non-hydrogen) atoms. The summed E-state index contributed by atoms with van der Waals surface area (Å²) in [5.41, 5.74) is 2.42. The van der Waals surface area contributed by atoms with E-state index >= 15 is 0 Å². The van der Waals surface area contributed by atoms with E-state index in [2.05, 4.69) is 15.3 Å². The number of hydrogen-bond acceptors (Lipinski definition) is 6. The van der Waals surface area contributed by atoms with Crippen molar-refractivity contribution in [1.82, 2.24) is 15.3 Å². The zero-order valence-electron chi connectivity index (χ0n) is 14.8. The second kappa shape index (κ2) is 8.75. The lowest BCUT2D eigenvalue weighted by Gasteiger charge is -2.07. The minimum atomic E-state index is -0.682. The summed E-state index contributed by atoms with van der Waals surface area (Å²) in [5, 5.41) is 2.71. The Kier molecular flexibility index (Phi) is 5.94. The standard InChI is InChI=1S/C20H19N3O4/c1-26-15-8-6-14(7-9-15)10-11-21-19(24)13-27-20(25)18-12-22-16-4-2-3-5-17(16)23-18/h2-9,12H,10-11,13H2,1H3,(H,21,24). The van der Waals surface area contributed by atoms with Crippen LogP contribution < -0.4 is 10.1 Å². The second-order valence-corrected chi connectivity index (χ2v) is 5.77. The minimum absolute atomic E-state index is 0.0692. The number of para-hydroxylation sites is 2. The molecule has 0 spiro atoms. The highest BCUT2D eigenvalue weighted by molar-refractivity contribution is 5.91. The smallest absolute Gasteiger partial charge is 0.359 e. The average molecular weight is 365 g/mol. The third kappa shape index (κ3) is 5.01. The van der Waals surface area contributed by atoms with Crippen LogP contribution in [0.4, 0.5) is 0 Å². The molecule has 1 aromatic heterocycles. The summed E-state index contributed by atoms with van der Waals surface area (Å²) in [7, 11) is 1.61. The molecule has 7 nitrogen and oxygen atoms in total. The third-order valence-electron chi connectivity index (χ3n) is 3.89. The first-order valence-corrected chi connectivity index (χ1v) is 8.44. The lowest BCUT2D eigenvalue weighted by atomic mass is 10.1. The molecule has 1 heterocycles. The Labute approximate surface area is 156 Å². The number of amides is 1. The maximum atomic E-state index is 12.0. The van der Waals surface area contributed by atoms with Crippen molar-refractivity contribution in [3.05, 3.63) is 66.0 Å². The van der Waals surface area contributed by atoms with Gasteiger partial charge in [0.1, 0.15) is 5.75 Å². The van der Waals surface area contributed by atoms with Gasteiger partial charge in [0.15, 0.2) is 12.3 Å². The molecule has 2 aromatic carbocycles. The van der Waals surface area contributed by atoms with Crippen LogP contribution in [0.1, 0.15) is 16.1 Å². The van der Waals surface area contributed by atoms with Crippen LogP contribution in [0.25, 0.3) is 11.0 Å². The Balaban J connectivity index is 1.44. The number of nitrogens with zero attached hydrogens (tertiary/aromatic N) is 2. The maximum absolute atomic E-state index is 12.0. The number of esters is 1. The molecule has 1 N–H and O–H groups in total. The van der Waals surface area contributed by atoms with Gasteiger partial charge in [0.05, 0.1) is 24.3 Å². The summed E-state index contributed by atoms with van der Waals surface area (Å²) in [6.45, 7) is 0.0778. The number of rotatable bonds is 7. The van der Waals surface area contributed by atoms with Crippen LogP contribution in [0.15, 0.2) is 54.7 Å². The topological polar surface area (TPSA) is 90.4 Å². The Morgan fingerprint density at radius 1 is 1.04 bits per heavy atom. The zero-order chi connectivity index (χ0) is 19.1. The largest absolute Gasteiger partial charge is 0.497 e. The molecule has 3 rings (SSSR count). The first kappa shape index (κ1) is 18.3. The van der Waals surface area contributed by atoms with Gasteiger partial charge in [0.2, 0.25) is 0 Å². The van der Waals surface area contributed by atoms with Crippen molar-refractivity contribution >= 4 is 22.9 Å². The summed E-state index contributed by atoms with van der Waals surface area (Å²) in [5.74, 6) is -0.268. The number of carbonyl (C=O) groups is 2.